The van der Waals surface area contributed by atoms with Crippen molar-refractivity contribution in [3.8, 4) is 0 Å². The van der Waals surface area contributed by atoms with Gasteiger partial charge in [0.1, 0.15) is 11.9 Å². The molecule has 110 valence electrons. The zero-order chi connectivity index (χ0) is 14.7. The Kier molecular flexibility index (Phi) is 2.32. The van der Waals surface area contributed by atoms with E-state index in [0.29, 0.717) is 24.5 Å². The first-order valence-electron chi connectivity index (χ1n) is 7.30. The van der Waals surface area contributed by atoms with Crippen molar-refractivity contribution in [1.82, 2.24) is 9.55 Å². The number of fused-ring (bicyclic) bond motifs is 6. The van der Waals surface area contributed by atoms with Crippen molar-refractivity contribution in [3.05, 3.63) is 65.7 Å². The summed E-state index contributed by atoms with van der Waals surface area (Å²) in [4.78, 5) is 4.61. The Hall–Kier alpha value is -2.24. The minimum atomic E-state index is -0.986. The topological polar surface area (TPSA) is 36.3 Å². The molecule has 3 heterocycles. The molecule has 5 heteroatoms. The van der Waals surface area contributed by atoms with Crippen molar-refractivity contribution in [1.29, 1.82) is 0 Å². The number of ether oxygens (including phenoxy) is 2. The number of rotatable bonds is 1. The van der Waals surface area contributed by atoms with Gasteiger partial charge in [-0.2, -0.15) is 0 Å². The molecule has 1 fully saturated rings. The van der Waals surface area contributed by atoms with E-state index in [0.717, 1.165) is 11.1 Å². The van der Waals surface area contributed by atoms with Gasteiger partial charge in [0.05, 0.1) is 24.2 Å². The molecule has 0 N–H and O–H groups in total. The maximum Gasteiger partial charge on any atom is 0.256 e. The molecule has 2 atom stereocenters. The summed E-state index contributed by atoms with van der Waals surface area (Å²) in [6, 6.07) is 14.5. The van der Waals surface area contributed by atoms with Crippen LogP contribution >= 0.6 is 0 Å². The van der Waals surface area contributed by atoms with Gasteiger partial charge in [0, 0.05) is 11.6 Å². The van der Waals surface area contributed by atoms with Gasteiger partial charge in [0.15, 0.2) is 5.82 Å². The number of nitrogens with zero attached hydrogens (tertiary/aromatic N) is 2. The molecular weight excluding hydrogens is 283 g/mol. The van der Waals surface area contributed by atoms with Crippen molar-refractivity contribution < 1.29 is 13.9 Å². The monoisotopic (exact) mass is 296 g/mol. The summed E-state index contributed by atoms with van der Waals surface area (Å²) in [6.45, 7) is 1.20. The normalized spacial score (nSPS) is 26.3. The average molecular weight is 296 g/mol. The summed E-state index contributed by atoms with van der Waals surface area (Å²) < 4.78 is 27.8. The fraction of sp³-hybridized carbons (Fsp3) is 0.235. The molecule has 2 bridgehead atoms. The summed E-state index contributed by atoms with van der Waals surface area (Å²) >= 11 is 0. The number of hydrogen-bond acceptors (Lipinski definition) is 3. The molecule has 2 aromatic carbocycles. The standard InChI is InChI=1S/C17H13FN2O2/c18-12-6-7-15-14(8-12)19-16-17(11-4-2-1-3-5-11)21-10-13(22-17)9-20(15)16/h1-8,13H,9-10H2. The van der Waals surface area contributed by atoms with Crippen molar-refractivity contribution in [3.63, 3.8) is 0 Å². The Morgan fingerprint density at radius 3 is 2.91 bits per heavy atom. The van der Waals surface area contributed by atoms with E-state index in [9.17, 15) is 4.39 Å². The van der Waals surface area contributed by atoms with Gasteiger partial charge in [-0.3, -0.25) is 0 Å². The Bertz CT molecular complexity index is 877. The van der Waals surface area contributed by atoms with Crippen LogP contribution in [0.3, 0.4) is 0 Å². The molecule has 1 aromatic heterocycles. The highest BCUT2D eigenvalue weighted by molar-refractivity contribution is 5.76. The molecular formula is C17H13FN2O2. The maximum atomic E-state index is 13.5. The lowest BCUT2D eigenvalue weighted by Gasteiger charge is -2.32. The van der Waals surface area contributed by atoms with Gasteiger partial charge in [0.2, 0.25) is 0 Å². The van der Waals surface area contributed by atoms with Crippen LogP contribution in [-0.2, 0) is 21.8 Å². The average Bonchev–Trinajstić information content (AvgIpc) is 3.09. The molecule has 22 heavy (non-hydrogen) atoms. The van der Waals surface area contributed by atoms with Crippen LogP contribution in [0.15, 0.2) is 48.5 Å². The summed E-state index contributed by atoms with van der Waals surface area (Å²) in [7, 11) is 0. The summed E-state index contributed by atoms with van der Waals surface area (Å²) in [5.74, 6) is -0.587. The van der Waals surface area contributed by atoms with Gasteiger partial charge in [-0.25, -0.2) is 9.37 Å². The van der Waals surface area contributed by atoms with Crippen LogP contribution in [0.2, 0.25) is 0 Å². The lowest BCUT2D eigenvalue weighted by Crippen LogP contribution is -2.38. The lowest BCUT2D eigenvalue weighted by atomic mass is 10.0. The van der Waals surface area contributed by atoms with E-state index in [2.05, 4.69) is 9.55 Å². The maximum absolute atomic E-state index is 13.5. The Balaban J connectivity index is 1.81. The third-order valence-electron chi connectivity index (χ3n) is 4.35. The van der Waals surface area contributed by atoms with Gasteiger partial charge in [0.25, 0.3) is 5.79 Å². The van der Waals surface area contributed by atoms with Crippen LogP contribution in [-0.4, -0.2) is 22.3 Å². The van der Waals surface area contributed by atoms with E-state index in [4.69, 9.17) is 9.47 Å². The van der Waals surface area contributed by atoms with Crippen molar-refractivity contribution in [2.75, 3.05) is 6.61 Å². The molecule has 0 saturated carbocycles. The molecule has 2 unspecified atom stereocenters. The lowest BCUT2D eigenvalue weighted by molar-refractivity contribution is -0.162. The van der Waals surface area contributed by atoms with E-state index in [-0.39, 0.29) is 11.9 Å². The molecule has 0 radical (unpaired) electrons. The van der Waals surface area contributed by atoms with Gasteiger partial charge in [-0.05, 0) is 12.1 Å². The van der Waals surface area contributed by atoms with Crippen LogP contribution in [0.5, 0.6) is 0 Å². The Labute approximate surface area is 126 Å². The van der Waals surface area contributed by atoms with E-state index in [1.807, 2.05) is 30.3 Å². The number of halogens is 1. The third kappa shape index (κ3) is 1.50. The van der Waals surface area contributed by atoms with E-state index in [1.165, 1.54) is 12.1 Å². The van der Waals surface area contributed by atoms with Crippen LogP contribution in [0, 0.1) is 5.82 Å². The molecule has 0 aliphatic carbocycles. The fourth-order valence-electron chi connectivity index (χ4n) is 3.40. The first kappa shape index (κ1) is 12.3. The summed E-state index contributed by atoms with van der Waals surface area (Å²) in [6.07, 6.45) is -0.0184. The molecule has 5 rings (SSSR count). The van der Waals surface area contributed by atoms with Crippen LogP contribution in [0.25, 0.3) is 11.0 Å². The summed E-state index contributed by atoms with van der Waals surface area (Å²) in [5, 5.41) is 0. The highest BCUT2D eigenvalue weighted by Gasteiger charge is 2.52. The molecule has 0 amide bonds. The predicted octanol–water partition coefficient (Wildman–Crippen LogP) is 2.81. The number of imidazole rings is 1. The molecule has 0 spiro atoms. The first-order valence-corrected chi connectivity index (χ1v) is 7.30. The van der Waals surface area contributed by atoms with Crippen molar-refractivity contribution in [2.45, 2.75) is 18.4 Å². The number of benzene rings is 2. The highest BCUT2D eigenvalue weighted by Crippen LogP contribution is 2.44. The molecule has 2 aliphatic heterocycles. The SMILES string of the molecule is Fc1ccc2c(c1)nc1n2CC2COC1(c1ccccc1)O2. The predicted molar refractivity (Wildman–Crippen MR) is 77.7 cm³/mol. The second-order valence-corrected chi connectivity index (χ2v) is 5.71. The van der Waals surface area contributed by atoms with Crippen molar-refractivity contribution in [2.24, 2.45) is 0 Å². The minimum absolute atomic E-state index is 0.0184. The number of aromatic nitrogens is 2. The largest absolute Gasteiger partial charge is 0.337 e. The van der Waals surface area contributed by atoms with Crippen LogP contribution in [0.1, 0.15) is 11.4 Å². The van der Waals surface area contributed by atoms with Gasteiger partial charge >= 0.3 is 0 Å². The highest BCUT2D eigenvalue weighted by atomic mass is 19.1. The van der Waals surface area contributed by atoms with Gasteiger partial charge in [-0.1, -0.05) is 30.3 Å². The van der Waals surface area contributed by atoms with Crippen molar-refractivity contribution >= 4 is 11.0 Å². The van der Waals surface area contributed by atoms with Gasteiger partial charge < -0.3 is 14.0 Å². The quantitative estimate of drug-likeness (QED) is 0.693. The molecule has 4 nitrogen and oxygen atoms in total. The van der Waals surface area contributed by atoms with Gasteiger partial charge in [-0.15, -0.1) is 0 Å². The van der Waals surface area contributed by atoms with E-state index < -0.39 is 5.79 Å². The third-order valence-corrected chi connectivity index (χ3v) is 4.35. The zero-order valence-electron chi connectivity index (χ0n) is 11.7. The minimum Gasteiger partial charge on any atom is -0.337 e. The smallest absolute Gasteiger partial charge is 0.256 e. The Morgan fingerprint density at radius 2 is 2.05 bits per heavy atom. The number of hydrogen-bond donors (Lipinski definition) is 0. The molecule has 2 aliphatic rings. The fourth-order valence-corrected chi connectivity index (χ4v) is 3.40. The first-order chi connectivity index (χ1) is 10.8. The van der Waals surface area contributed by atoms with Crippen LogP contribution < -0.4 is 0 Å². The molecule has 3 aromatic rings. The van der Waals surface area contributed by atoms with E-state index >= 15 is 0 Å². The summed E-state index contributed by atoms with van der Waals surface area (Å²) in [5.41, 5.74) is 2.45. The second kappa shape index (κ2) is 4.15. The Morgan fingerprint density at radius 1 is 1.18 bits per heavy atom. The second-order valence-electron chi connectivity index (χ2n) is 5.71. The van der Waals surface area contributed by atoms with Crippen LogP contribution in [0.4, 0.5) is 4.39 Å². The van der Waals surface area contributed by atoms with E-state index in [1.54, 1.807) is 6.07 Å². The zero-order valence-corrected chi connectivity index (χ0v) is 11.7. The molecule has 1 saturated heterocycles.